The van der Waals surface area contributed by atoms with E-state index >= 15 is 0 Å². The Bertz CT molecular complexity index is 1440. The first-order valence-corrected chi connectivity index (χ1v) is 13.2. The average Bonchev–Trinajstić information content (AvgIpc) is 3.65. The van der Waals surface area contributed by atoms with Crippen LogP contribution in [0, 0.1) is 0 Å². The van der Waals surface area contributed by atoms with E-state index in [0.29, 0.717) is 62.5 Å². The molecule has 7 rings (SSSR count). The van der Waals surface area contributed by atoms with Crippen LogP contribution in [-0.2, 0) is 14.3 Å². The highest BCUT2D eigenvalue weighted by Gasteiger charge is 2.62. The third kappa shape index (κ3) is 3.54. The zero-order valence-corrected chi connectivity index (χ0v) is 21.5. The molecule has 1 spiro atoms. The number of aliphatic imine (C=N–C) groups is 1. The number of rotatable bonds is 3. The van der Waals surface area contributed by atoms with Gasteiger partial charge in [0.1, 0.15) is 34.4 Å². The maximum atomic E-state index is 13.9. The lowest BCUT2D eigenvalue weighted by molar-refractivity contribution is -0.140. The Morgan fingerprint density at radius 3 is 2.73 bits per heavy atom. The molecule has 3 aromatic rings. The van der Waals surface area contributed by atoms with Gasteiger partial charge in [-0.1, -0.05) is 17.6 Å². The molecule has 184 valence electrons. The normalized spacial score (nSPS) is 26.7. The largest absolute Gasteiger partial charge is 0.475 e. The number of ether oxygens (including phenoxy) is 2. The second-order valence-electron chi connectivity index (χ2n) is 10.2. The summed E-state index contributed by atoms with van der Waals surface area (Å²) in [6, 6.07) is 9.71. The van der Waals surface area contributed by atoms with Gasteiger partial charge in [-0.2, -0.15) is 9.61 Å². The first-order valence-electron chi connectivity index (χ1n) is 12.6. The molecule has 0 N–H and O–H groups in total. The van der Waals surface area contributed by atoms with E-state index in [1.165, 1.54) is 6.33 Å². The van der Waals surface area contributed by atoms with Crippen molar-refractivity contribution in [2.45, 2.75) is 43.0 Å². The summed E-state index contributed by atoms with van der Waals surface area (Å²) < 4.78 is 14.0. The number of amides is 1. The molecule has 4 aliphatic rings. The number of aromatic nitrogens is 3. The maximum Gasteiger partial charge on any atom is 0.257 e. The van der Waals surface area contributed by atoms with Crippen LogP contribution in [0.1, 0.15) is 42.9 Å². The lowest BCUT2D eigenvalue weighted by Crippen LogP contribution is -2.50. The summed E-state index contributed by atoms with van der Waals surface area (Å²) in [5, 5.41) is 5.44. The molecule has 3 saturated heterocycles. The number of anilines is 1. The van der Waals surface area contributed by atoms with Gasteiger partial charge in [0.25, 0.3) is 5.91 Å². The number of piperidine rings is 1. The summed E-state index contributed by atoms with van der Waals surface area (Å²) in [6.07, 6.45) is 3.93. The third-order valence-corrected chi connectivity index (χ3v) is 8.31. The van der Waals surface area contributed by atoms with Crippen molar-refractivity contribution in [3.8, 4) is 0 Å². The number of benzene rings is 1. The van der Waals surface area contributed by atoms with Crippen LogP contribution in [-0.4, -0.2) is 84.5 Å². The number of hydrogen-bond donors (Lipinski definition) is 0. The third-order valence-electron chi connectivity index (χ3n) is 7.98. The summed E-state index contributed by atoms with van der Waals surface area (Å²) in [5.41, 5.74) is 1.17. The van der Waals surface area contributed by atoms with Crippen molar-refractivity contribution < 1.29 is 14.3 Å². The molecule has 0 aliphatic carbocycles. The molecule has 37 heavy (non-hydrogen) atoms. The van der Waals surface area contributed by atoms with Crippen LogP contribution in [0.5, 0.6) is 0 Å². The van der Waals surface area contributed by atoms with Gasteiger partial charge in [0.05, 0.1) is 23.8 Å². The molecule has 4 radical (unpaired) electrons. The van der Waals surface area contributed by atoms with Crippen LogP contribution >= 0.6 is 9.24 Å². The molecule has 0 saturated carbocycles. The van der Waals surface area contributed by atoms with E-state index < -0.39 is 11.2 Å². The van der Waals surface area contributed by atoms with Crippen molar-refractivity contribution in [2.75, 3.05) is 31.1 Å². The molecule has 4 aliphatic heterocycles. The summed E-state index contributed by atoms with van der Waals surface area (Å²) in [4.78, 5) is 26.8. The topological polar surface area (TPSA) is 84.6 Å². The Morgan fingerprint density at radius 2 is 1.97 bits per heavy atom. The smallest absolute Gasteiger partial charge is 0.257 e. The van der Waals surface area contributed by atoms with Gasteiger partial charge in [0, 0.05) is 25.9 Å². The van der Waals surface area contributed by atoms with E-state index in [4.69, 9.17) is 25.2 Å². The highest BCUT2D eigenvalue weighted by molar-refractivity contribution is 7.27. The standard InChI is InChI=1S/C25H25B2N6O3P/c26-16-11-15(12-17(37)13-16)19-3-4-25(27)32(19)23(34)24(36-25)5-8-31(9-6-24)20-2-1-18(22-28-7-10-35-22)21-29-14-30-33(20)21/h1-2,11-14,19H,3-10,37H2. The Balaban J connectivity index is 1.14. The molecule has 2 aromatic heterocycles. The summed E-state index contributed by atoms with van der Waals surface area (Å²) in [5.74, 6) is 1.48. The Kier molecular flexibility index (Phi) is 5.21. The van der Waals surface area contributed by atoms with Crippen LogP contribution < -0.4 is 15.7 Å². The summed E-state index contributed by atoms with van der Waals surface area (Å²) >= 11 is 0. The fourth-order valence-corrected chi connectivity index (χ4v) is 6.68. The number of carbonyl (C=O) groups is 1. The van der Waals surface area contributed by atoms with E-state index in [-0.39, 0.29) is 11.9 Å². The van der Waals surface area contributed by atoms with Gasteiger partial charge in [0.15, 0.2) is 11.2 Å². The van der Waals surface area contributed by atoms with Crippen molar-refractivity contribution in [3.05, 3.63) is 47.8 Å². The number of hydrogen-bond acceptors (Lipinski definition) is 7. The SMILES string of the molecule is [B]c1cc(P)cc(C2CCC3([B])OC4(CCN(c5ccc(C6=NCCO6)c6ncnn56)CC4)C(=O)N23)c1. The Hall–Kier alpha value is -2.90. The number of fused-ring (bicyclic) bond motifs is 2. The van der Waals surface area contributed by atoms with E-state index in [1.54, 1.807) is 4.90 Å². The van der Waals surface area contributed by atoms with Gasteiger partial charge in [0.2, 0.25) is 5.90 Å². The Morgan fingerprint density at radius 1 is 1.14 bits per heavy atom. The second kappa shape index (κ2) is 8.30. The predicted molar refractivity (Wildman–Crippen MR) is 144 cm³/mol. The number of pyridine rings is 1. The molecule has 3 fully saturated rings. The van der Waals surface area contributed by atoms with Crippen molar-refractivity contribution in [1.29, 1.82) is 0 Å². The van der Waals surface area contributed by atoms with Gasteiger partial charge < -0.3 is 19.3 Å². The van der Waals surface area contributed by atoms with Crippen LogP contribution in [0.25, 0.3) is 5.65 Å². The zero-order valence-electron chi connectivity index (χ0n) is 20.3. The molecule has 6 heterocycles. The maximum absolute atomic E-state index is 13.9. The number of nitrogens with zero attached hydrogens (tertiary/aromatic N) is 6. The predicted octanol–water partition coefficient (Wildman–Crippen LogP) is 0.355. The van der Waals surface area contributed by atoms with Crippen molar-refractivity contribution in [3.63, 3.8) is 0 Å². The van der Waals surface area contributed by atoms with Crippen molar-refractivity contribution in [2.24, 2.45) is 4.99 Å². The minimum Gasteiger partial charge on any atom is -0.475 e. The van der Waals surface area contributed by atoms with Crippen LogP contribution in [0.4, 0.5) is 5.82 Å². The monoisotopic (exact) mass is 510 g/mol. The van der Waals surface area contributed by atoms with E-state index in [9.17, 15) is 4.79 Å². The lowest BCUT2D eigenvalue weighted by Gasteiger charge is -2.39. The van der Waals surface area contributed by atoms with Gasteiger partial charge >= 0.3 is 0 Å². The molecule has 12 heteroatoms. The van der Waals surface area contributed by atoms with Gasteiger partial charge in [-0.3, -0.25) is 4.79 Å². The minimum atomic E-state index is -1.10. The fraction of sp³-hybridized carbons (Fsp3) is 0.440. The van der Waals surface area contributed by atoms with Gasteiger partial charge in [-0.15, -0.1) is 9.24 Å². The molecule has 1 aromatic carbocycles. The molecule has 1 amide bonds. The lowest BCUT2D eigenvalue weighted by atomic mass is 9.88. The van der Waals surface area contributed by atoms with Crippen molar-refractivity contribution >= 4 is 59.0 Å². The van der Waals surface area contributed by atoms with Crippen LogP contribution in [0.15, 0.2) is 41.7 Å². The van der Waals surface area contributed by atoms with Crippen LogP contribution in [0.3, 0.4) is 0 Å². The zero-order chi connectivity index (χ0) is 25.4. The second-order valence-corrected chi connectivity index (χ2v) is 10.9. The van der Waals surface area contributed by atoms with Crippen LogP contribution in [0.2, 0.25) is 0 Å². The number of carbonyl (C=O) groups excluding carboxylic acids is 1. The van der Waals surface area contributed by atoms with Crippen molar-refractivity contribution in [1.82, 2.24) is 19.5 Å². The first-order chi connectivity index (χ1) is 17.9. The molecule has 3 unspecified atom stereocenters. The molecular weight excluding hydrogens is 485 g/mol. The molecule has 0 bridgehead atoms. The van der Waals surface area contributed by atoms with E-state index in [0.717, 1.165) is 28.7 Å². The molecule has 9 nitrogen and oxygen atoms in total. The summed E-state index contributed by atoms with van der Waals surface area (Å²) in [7, 11) is 15.5. The quantitative estimate of drug-likeness (QED) is 0.374. The van der Waals surface area contributed by atoms with E-state index in [2.05, 4.69) is 29.2 Å². The highest BCUT2D eigenvalue weighted by atomic mass is 31.0. The molecule has 3 atom stereocenters. The Labute approximate surface area is 219 Å². The van der Waals surface area contributed by atoms with Gasteiger partial charge in [-0.25, -0.2) is 9.98 Å². The summed E-state index contributed by atoms with van der Waals surface area (Å²) in [6.45, 7) is 2.48. The van der Waals surface area contributed by atoms with Gasteiger partial charge in [-0.05, 0) is 41.9 Å². The first kappa shape index (κ1) is 23.2. The van der Waals surface area contributed by atoms with E-state index in [1.807, 2.05) is 34.8 Å². The highest BCUT2D eigenvalue weighted by Crippen LogP contribution is 2.52. The molecular formula is C25H25B2N6O3P. The fourth-order valence-electron chi connectivity index (χ4n) is 6.30. The average molecular weight is 510 g/mol. The minimum absolute atomic E-state index is 0.0254.